The summed E-state index contributed by atoms with van der Waals surface area (Å²) < 4.78 is 0. The van der Waals surface area contributed by atoms with Crippen molar-refractivity contribution in [2.75, 3.05) is 11.5 Å². The first kappa shape index (κ1) is 9.79. The van der Waals surface area contributed by atoms with Crippen LogP contribution >= 0.6 is 0 Å². The summed E-state index contributed by atoms with van der Waals surface area (Å²) >= 11 is 0. The van der Waals surface area contributed by atoms with Crippen molar-refractivity contribution in [3.8, 4) is 0 Å². The number of carbonyl (C=O) groups is 1. The number of nitrogens with zero attached hydrogens (tertiary/aromatic N) is 1. The molecule has 15 heavy (non-hydrogen) atoms. The summed E-state index contributed by atoms with van der Waals surface area (Å²) in [6, 6.07) is 3.35. The number of carbonyl (C=O) groups excluding carboxylic acids is 1. The topological polar surface area (TPSA) is 98.4 Å². The predicted octanol–water partition coefficient (Wildman–Crippen LogP) is 0.111. The van der Waals surface area contributed by atoms with Gasteiger partial charge in [-0.2, -0.15) is 0 Å². The Hall–Kier alpha value is -1.75. The maximum absolute atomic E-state index is 11.8. The Balaban J connectivity index is 2.56. The average Bonchev–Trinajstić information content (AvgIpc) is 2.19. The largest absolute Gasteiger partial charge is 0.397 e. The summed E-state index contributed by atoms with van der Waals surface area (Å²) in [5, 5.41) is 1.23. The zero-order valence-electron chi connectivity index (χ0n) is 8.53. The van der Waals surface area contributed by atoms with Crippen LogP contribution < -0.4 is 17.3 Å². The quantitative estimate of drug-likeness (QED) is 0.319. The van der Waals surface area contributed by atoms with E-state index < -0.39 is 0 Å². The molecule has 0 spiro atoms. The summed E-state index contributed by atoms with van der Waals surface area (Å²) in [6.07, 6.45) is 0.710. The molecule has 1 atom stereocenters. The van der Waals surface area contributed by atoms with E-state index in [0.717, 1.165) is 5.56 Å². The Morgan fingerprint density at radius 2 is 1.93 bits per heavy atom. The summed E-state index contributed by atoms with van der Waals surface area (Å²) in [6.45, 7) is 1.90. The van der Waals surface area contributed by atoms with Gasteiger partial charge < -0.3 is 11.5 Å². The fourth-order valence-electron chi connectivity index (χ4n) is 1.80. The van der Waals surface area contributed by atoms with Gasteiger partial charge >= 0.3 is 0 Å². The van der Waals surface area contributed by atoms with E-state index in [9.17, 15) is 4.79 Å². The van der Waals surface area contributed by atoms with Crippen LogP contribution in [-0.2, 0) is 6.42 Å². The zero-order chi connectivity index (χ0) is 11.2. The van der Waals surface area contributed by atoms with E-state index in [1.54, 1.807) is 12.1 Å². The van der Waals surface area contributed by atoms with Crippen LogP contribution in [-0.4, -0.2) is 17.0 Å². The highest BCUT2D eigenvalue weighted by Gasteiger charge is 2.28. The number of hydrogen-bond acceptors (Lipinski definition) is 4. The Morgan fingerprint density at radius 1 is 1.33 bits per heavy atom. The molecule has 1 heterocycles. The van der Waals surface area contributed by atoms with Gasteiger partial charge in [0.05, 0.1) is 11.4 Å². The van der Waals surface area contributed by atoms with Crippen LogP contribution in [0.25, 0.3) is 0 Å². The second kappa shape index (κ2) is 3.13. The number of nitrogen functional groups attached to an aromatic ring is 2. The van der Waals surface area contributed by atoms with Crippen molar-refractivity contribution in [3.63, 3.8) is 0 Å². The standard InChI is InChI=1S/C10H14N4O/c1-5-2-6-3-8(11)9(12)4-7(6)10(15)14(5)13/h3-5H,2,11-13H2,1H3. The van der Waals surface area contributed by atoms with Crippen molar-refractivity contribution in [1.82, 2.24) is 5.01 Å². The van der Waals surface area contributed by atoms with Crippen LogP contribution in [0.4, 0.5) is 11.4 Å². The number of benzene rings is 1. The molecule has 1 aliphatic rings. The summed E-state index contributed by atoms with van der Waals surface area (Å²) in [5.41, 5.74) is 13.7. The first-order valence-electron chi connectivity index (χ1n) is 4.77. The van der Waals surface area contributed by atoms with Gasteiger partial charge in [0.2, 0.25) is 0 Å². The molecule has 0 radical (unpaired) electrons. The maximum atomic E-state index is 11.8. The van der Waals surface area contributed by atoms with Crippen molar-refractivity contribution in [2.24, 2.45) is 5.84 Å². The van der Waals surface area contributed by atoms with E-state index in [4.69, 9.17) is 17.3 Å². The number of amides is 1. The molecule has 2 rings (SSSR count). The van der Waals surface area contributed by atoms with Gasteiger partial charge in [0.25, 0.3) is 5.91 Å². The molecule has 0 aliphatic carbocycles. The van der Waals surface area contributed by atoms with Gasteiger partial charge in [-0.05, 0) is 31.0 Å². The molecule has 0 saturated heterocycles. The third-order valence-corrected chi connectivity index (χ3v) is 2.76. The van der Waals surface area contributed by atoms with Crippen molar-refractivity contribution in [3.05, 3.63) is 23.3 Å². The van der Waals surface area contributed by atoms with Gasteiger partial charge in [-0.1, -0.05) is 0 Å². The summed E-state index contributed by atoms with van der Waals surface area (Å²) in [4.78, 5) is 11.8. The van der Waals surface area contributed by atoms with Gasteiger partial charge in [-0.3, -0.25) is 9.80 Å². The molecule has 5 heteroatoms. The fourth-order valence-corrected chi connectivity index (χ4v) is 1.80. The molecule has 1 unspecified atom stereocenters. The lowest BCUT2D eigenvalue weighted by atomic mass is 9.94. The smallest absolute Gasteiger partial charge is 0.268 e. The Morgan fingerprint density at radius 3 is 2.60 bits per heavy atom. The van der Waals surface area contributed by atoms with E-state index in [1.807, 2.05) is 6.92 Å². The molecule has 0 saturated carbocycles. The monoisotopic (exact) mass is 206 g/mol. The third-order valence-electron chi connectivity index (χ3n) is 2.76. The Kier molecular flexibility index (Phi) is 2.04. The average molecular weight is 206 g/mol. The number of hydrazine groups is 1. The van der Waals surface area contributed by atoms with E-state index in [1.165, 1.54) is 5.01 Å². The Labute approximate surface area is 87.8 Å². The number of hydrogen-bond donors (Lipinski definition) is 3. The van der Waals surface area contributed by atoms with E-state index in [-0.39, 0.29) is 11.9 Å². The number of fused-ring (bicyclic) bond motifs is 1. The highest BCUT2D eigenvalue weighted by Crippen LogP contribution is 2.27. The number of anilines is 2. The second-order valence-electron chi connectivity index (χ2n) is 3.90. The molecule has 1 aliphatic heterocycles. The molecular weight excluding hydrogens is 192 g/mol. The van der Waals surface area contributed by atoms with Crippen molar-refractivity contribution in [1.29, 1.82) is 0 Å². The van der Waals surface area contributed by atoms with Crippen LogP contribution in [0.5, 0.6) is 0 Å². The molecule has 1 aromatic carbocycles. The second-order valence-corrected chi connectivity index (χ2v) is 3.90. The molecule has 6 N–H and O–H groups in total. The van der Waals surface area contributed by atoms with Gasteiger partial charge in [0.15, 0.2) is 0 Å². The van der Waals surface area contributed by atoms with Gasteiger partial charge in [-0.25, -0.2) is 5.84 Å². The molecule has 0 aromatic heterocycles. The third kappa shape index (κ3) is 1.41. The predicted molar refractivity (Wildman–Crippen MR) is 58.8 cm³/mol. The SMILES string of the molecule is CC1Cc2cc(N)c(N)cc2C(=O)N1N. The first-order valence-corrected chi connectivity index (χ1v) is 4.77. The van der Waals surface area contributed by atoms with Crippen molar-refractivity contribution >= 4 is 17.3 Å². The van der Waals surface area contributed by atoms with Crippen molar-refractivity contribution in [2.45, 2.75) is 19.4 Å². The normalized spacial score (nSPS) is 20.3. The lowest BCUT2D eigenvalue weighted by Crippen LogP contribution is -2.48. The lowest BCUT2D eigenvalue weighted by Gasteiger charge is -2.30. The summed E-state index contributed by atoms with van der Waals surface area (Å²) in [7, 11) is 0. The van der Waals surface area contributed by atoms with Crippen LogP contribution in [0, 0.1) is 0 Å². The minimum atomic E-state index is -0.199. The molecule has 0 fully saturated rings. The Bertz CT molecular complexity index is 430. The lowest BCUT2D eigenvalue weighted by molar-refractivity contribution is 0.0666. The van der Waals surface area contributed by atoms with Crippen LogP contribution in [0.3, 0.4) is 0 Å². The number of nitrogens with two attached hydrogens (primary N) is 3. The van der Waals surface area contributed by atoms with Crippen LogP contribution in [0.2, 0.25) is 0 Å². The molecule has 0 bridgehead atoms. The van der Waals surface area contributed by atoms with Crippen LogP contribution in [0.15, 0.2) is 12.1 Å². The maximum Gasteiger partial charge on any atom is 0.268 e. The minimum absolute atomic E-state index is 0.00646. The molecule has 5 nitrogen and oxygen atoms in total. The minimum Gasteiger partial charge on any atom is -0.397 e. The van der Waals surface area contributed by atoms with Crippen LogP contribution in [0.1, 0.15) is 22.8 Å². The molecule has 1 amide bonds. The molecule has 80 valence electrons. The zero-order valence-corrected chi connectivity index (χ0v) is 8.53. The van der Waals surface area contributed by atoms with Gasteiger partial charge in [-0.15, -0.1) is 0 Å². The van der Waals surface area contributed by atoms with Gasteiger partial charge in [0, 0.05) is 11.6 Å². The van der Waals surface area contributed by atoms with Gasteiger partial charge in [0.1, 0.15) is 0 Å². The highest BCUT2D eigenvalue weighted by atomic mass is 16.2. The highest BCUT2D eigenvalue weighted by molar-refractivity contribution is 5.98. The summed E-state index contributed by atoms with van der Waals surface area (Å²) in [5.74, 6) is 5.44. The molecular formula is C10H14N4O. The number of rotatable bonds is 0. The fraction of sp³-hybridized carbons (Fsp3) is 0.300. The van der Waals surface area contributed by atoms with Crippen molar-refractivity contribution < 1.29 is 4.79 Å². The molecule has 1 aromatic rings. The van der Waals surface area contributed by atoms with E-state index >= 15 is 0 Å². The van der Waals surface area contributed by atoms with E-state index in [0.29, 0.717) is 23.4 Å². The van der Waals surface area contributed by atoms with E-state index in [2.05, 4.69) is 0 Å². The first-order chi connectivity index (χ1) is 7.00.